The van der Waals surface area contributed by atoms with E-state index in [1.807, 2.05) is 20.8 Å². The van der Waals surface area contributed by atoms with Gasteiger partial charge in [-0.05, 0) is 18.8 Å². The fourth-order valence-electron chi connectivity index (χ4n) is 1.55. The van der Waals surface area contributed by atoms with Crippen molar-refractivity contribution in [3.8, 4) is 0 Å². The Morgan fingerprint density at radius 1 is 1.36 bits per heavy atom. The Morgan fingerprint density at radius 3 is 2.50 bits per heavy atom. The van der Waals surface area contributed by atoms with Gasteiger partial charge in [-0.15, -0.1) is 0 Å². The van der Waals surface area contributed by atoms with Gasteiger partial charge in [-0.3, -0.25) is 0 Å². The second-order valence-corrected chi connectivity index (χ2v) is 5.03. The number of rotatable bonds is 2. The van der Waals surface area contributed by atoms with Crippen molar-refractivity contribution in [3.63, 3.8) is 0 Å². The minimum Gasteiger partial charge on any atom is -0.386 e. The van der Waals surface area contributed by atoms with Gasteiger partial charge in [-0.1, -0.05) is 31.1 Å². The highest BCUT2D eigenvalue weighted by Gasteiger charge is 2.37. The van der Waals surface area contributed by atoms with Crippen molar-refractivity contribution < 1.29 is 9.74 Å². The molecule has 1 heterocycles. The summed E-state index contributed by atoms with van der Waals surface area (Å²) in [5.41, 5.74) is 1.28. The average molecular weight is 196 g/mol. The van der Waals surface area contributed by atoms with Crippen LogP contribution in [0.1, 0.15) is 51.1 Å². The molecule has 0 amide bonds. The molecular formula is C10H16N2O2. The largest absolute Gasteiger partial charge is 0.386 e. The first-order valence-corrected chi connectivity index (χ1v) is 5.01. The van der Waals surface area contributed by atoms with E-state index in [9.17, 15) is 5.11 Å². The van der Waals surface area contributed by atoms with Crippen molar-refractivity contribution >= 4 is 0 Å². The van der Waals surface area contributed by atoms with Crippen LogP contribution in [0, 0.1) is 5.92 Å². The van der Waals surface area contributed by atoms with Crippen LogP contribution in [0.5, 0.6) is 0 Å². The third-order valence-electron chi connectivity index (χ3n) is 2.57. The second-order valence-electron chi connectivity index (χ2n) is 5.03. The van der Waals surface area contributed by atoms with Crippen LogP contribution in [0.15, 0.2) is 4.63 Å². The van der Waals surface area contributed by atoms with Crippen molar-refractivity contribution in [1.29, 1.82) is 0 Å². The Labute approximate surface area is 83.3 Å². The molecule has 78 valence electrons. The lowest BCUT2D eigenvalue weighted by molar-refractivity contribution is 0.141. The van der Waals surface area contributed by atoms with Gasteiger partial charge >= 0.3 is 0 Å². The zero-order valence-corrected chi connectivity index (χ0v) is 8.82. The van der Waals surface area contributed by atoms with Crippen LogP contribution in [0.4, 0.5) is 0 Å². The molecule has 2 rings (SSSR count). The first kappa shape index (κ1) is 9.65. The normalized spacial score (nSPS) is 19.7. The lowest BCUT2D eigenvalue weighted by Crippen LogP contribution is -2.17. The van der Waals surface area contributed by atoms with Gasteiger partial charge in [0.1, 0.15) is 17.5 Å². The molecule has 14 heavy (non-hydrogen) atoms. The topological polar surface area (TPSA) is 59.2 Å². The minimum atomic E-state index is -0.490. The van der Waals surface area contributed by atoms with E-state index in [4.69, 9.17) is 4.63 Å². The SMILES string of the molecule is CC(C)(C)c1nonc1[C@@H](O)C1CC1. The molecule has 1 N–H and O–H groups in total. The summed E-state index contributed by atoms with van der Waals surface area (Å²) in [6.07, 6.45) is 1.67. The zero-order valence-electron chi connectivity index (χ0n) is 8.82. The smallest absolute Gasteiger partial charge is 0.137 e. The number of aromatic nitrogens is 2. The molecule has 0 unspecified atom stereocenters. The summed E-state index contributed by atoms with van der Waals surface area (Å²) in [4.78, 5) is 0. The molecule has 1 aliphatic carbocycles. The molecule has 1 aromatic heterocycles. The van der Waals surface area contributed by atoms with Crippen molar-refractivity contribution in [2.24, 2.45) is 5.92 Å². The molecule has 1 aromatic rings. The van der Waals surface area contributed by atoms with Gasteiger partial charge in [0.15, 0.2) is 0 Å². The summed E-state index contributed by atoms with van der Waals surface area (Å²) in [5, 5.41) is 17.6. The van der Waals surface area contributed by atoms with E-state index >= 15 is 0 Å². The molecule has 4 nitrogen and oxygen atoms in total. The van der Waals surface area contributed by atoms with Gasteiger partial charge in [0.05, 0.1) is 0 Å². The van der Waals surface area contributed by atoms with Crippen molar-refractivity contribution in [2.75, 3.05) is 0 Å². The van der Waals surface area contributed by atoms with Crippen LogP contribution in [0.25, 0.3) is 0 Å². The van der Waals surface area contributed by atoms with E-state index in [-0.39, 0.29) is 5.41 Å². The molecular weight excluding hydrogens is 180 g/mol. The van der Waals surface area contributed by atoms with Gasteiger partial charge in [-0.25, -0.2) is 4.63 Å². The number of nitrogens with zero attached hydrogens (tertiary/aromatic N) is 2. The highest BCUT2D eigenvalue weighted by atomic mass is 16.6. The average Bonchev–Trinajstić information content (AvgIpc) is 2.78. The summed E-state index contributed by atoms with van der Waals surface area (Å²) in [5.74, 6) is 0.364. The van der Waals surface area contributed by atoms with Gasteiger partial charge in [0.25, 0.3) is 0 Å². The quantitative estimate of drug-likeness (QED) is 0.783. The standard InChI is InChI=1S/C10H16N2O2/c1-10(2,3)9-7(11-14-12-9)8(13)6-4-5-6/h6,8,13H,4-5H2,1-3H3/t8-/m0/s1. The summed E-state index contributed by atoms with van der Waals surface area (Å²) in [7, 11) is 0. The maximum atomic E-state index is 9.93. The van der Waals surface area contributed by atoms with E-state index in [1.165, 1.54) is 0 Å². The molecule has 0 bridgehead atoms. The molecule has 1 atom stereocenters. The number of hydrogen-bond donors (Lipinski definition) is 1. The van der Waals surface area contributed by atoms with Crippen molar-refractivity contribution in [3.05, 3.63) is 11.4 Å². The zero-order chi connectivity index (χ0) is 10.3. The Hall–Kier alpha value is -0.900. The maximum absolute atomic E-state index is 9.93. The highest BCUT2D eigenvalue weighted by molar-refractivity contribution is 5.20. The predicted molar refractivity (Wildman–Crippen MR) is 50.7 cm³/mol. The van der Waals surface area contributed by atoms with Gasteiger partial charge < -0.3 is 5.11 Å². The minimum absolute atomic E-state index is 0.120. The van der Waals surface area contributed by atoms with E-state index in [0.29, 0.717) is 11.6 Å². The molecule has 1 saturated carbocycles. The lowest BCUT2D eigenvalue weighted by atomic mass is 9.89. The molecule has 0 radical (unpaired) electrons. The summed E-state index contributed by atoms with van der Waals surface area (Å²) < 4.78 is 4.71. The van der Waals surface area contributed by atoms with Gasteiger partial charge in [-0.2, -0.15) is 0 Å². The van der Waals surface area contributed by atoms with E-state index in [2.05, 4.69) is 10.3 Å². The van der Waals surface area contributed by atoms with E-state index < -0.39 is 6.10 Å². The molecule has 1 fully saturated rings. The predicted octanol–water partition coefficient (Wildman–Crippen LogP) is 1.81. The van der Waals surface area contributed by atoms with Crippen molar-refractivity contribution in [2.45, 2.75) is 45.1 Å². The molecule has 1 aliphatic rings. The summed E-state index contributed by atoms with van der Waals surface area (Å²) >= 11 is 0. The van der Waals surface area contributed by atoms with Crippen LogP contribution in [-0.2, 0) is 5.41 Å². The number of aliphatic hydroxyl groups is 1. The molecule has 0 aromatic carbocycles. The van der Waals surface area contributed by atoms with Crippen molar-refractivity contribution in [1.82, 2.24) is 10.3 Å². The Morgan fingerprint density at radius 2 is 2.00 bits per heavy atom. The number of aliphatic hydroxyl groups excluding tert-OH is 1. The molecule has 4 heteroatoms. The third-order valence-corrected chi connectivity index (χ3v) is 2.57. The third kappa shape index (κ3) is 1.66. The molecule has 0 saturated heterocycles. The second kappa shape index (κ2) is 3.05. The molecule has 0 spiro atoms. The number of hydrogen-bond acceptors (Lipinski definition) is 4. The lowest BCUT2D eigenvalue weighted by Gasteiger charge is -2.17. The fourth-order valence-corrected chi connectivity index (χ4v) is 1.55. The van der Waals surface area contributed by atoms with Gasteiger partial charge in [0.2, 0.25) is 0 Å². The first-order valence-electron chi connectivity index (χ1n) is 5.01. The van der Waals surface area contributed by atoms with E-state index in [0.717, 1.165) is 18.5 Å². The first-order chi connectivity index (χ1) is 6.50. The van der Waals surface area contributed by atoms with Crippen LogP contribution < -0.4 is 0 Å². The summed E-state index contributed by atoms with van der Waals surface area (Å²) in [6, 6.07) is 0. The van der Waals surface area contributed by atoms with Gasteiger partial charge in [0, 0.05) is 5.41 Å². The van der Waals surface area contributed by atoms with Crippen LogP contribution >= 0.6 is 0 Å². The Kier molecular flexibility index (Phi) is 2.10. The Bertz CT molecular complexity index is 323. The summed E-state index contributed by atoms with van der Waals surface area (Å²) in [6.45, 7) is 6.11. The highest BCUT2D eigenvalue weighted by Crippen LogP contribution is 2.42. The van der Waals surface area contributed by atoms with E-state index in [1.54, 1.807) is 0 Å². The maximum Gasteiger partial charge on any atom is 0.137 e. The van der Waals surface area contributed by atoms with Crippen LogP contribution in [-0.4, -0.2) is 15.4 Å². The van der Waals surface area contributed by atoms with Crippen LogP contribution in [0.2, 0.25) is 0 Å². The van der Waals surface area contributed by atoms with Crippen LogP contribution in [0.3, 0.4) is 0 Å². The molecule has 0 aliphatic heterocycles. The monoisotopic (exact) mass is 196 g/mol. The fraction of sp³-hybridized carbons (Fsp3) is 0.800. The Balaban J connectivity index is 2.28.